The van der Waals surface area contributed by atoms with Crippen molar-refractivity contribution in [2.24, 2.45) is 0 Å². The highest BCUT2D eigenvalue weighted by molar-refractivity contribution is 6.30. The first-order valence-corrected chi connectivity index (χ1v) is 8.60. The van der Waals surface area contributed by atoms with Crippen LogP contribution in [0.25, 0.3) is 16.8 Å². The molecule has 2 heteroatoms. The summed E-state index contributed by atoms with van der Waals surface area (Å²) in [5.74, 6) is 0.0685. The van der Waals surface area contributed by atoms with Crippen molar-refractivity contribution in [1.82, 2.24) is 0 Å². The Hall–Kier alpha value is -2.09. The minimum absolute atomic E-state index is 0.0685. The van der Waals surface area contributed by atoms with Gasteiger partial charge in [-0.05, 0) is 53.4 Å². The van der Waals surface area contributed by atoms with E-state index in [1.165, 1.54) is 16.3 Å². The van der Waals surface area contributed by atoms with E-state index in [-0.39, 0.29) is 5.92 Å². The fraction of sp³-hybridized carbons (Fsp3) is 0.182. The lowest BCUT2D eigenvalue weighted by molar-refractivity contribution is 0.163. The Kier molecular flexibility index (Phi) is 5.34. The molecule has 3 aromatic rings. The van der Waals surface area contributed by atoms with E-state index in [4.69, 9.17) is 11.6 Å². The predicted molar refractivity (Wildman–Crippen MR) is 103 cm³/mol. The molecule has 3 aromatic carbocycles. The zero-order chi connectivity index (χ0) is 16.9. The first kappa shape index (κ1) is 16.8. The van der Waals surface area contributed by atoms with Crippen LogP contribution in [0.1, 0.15) is 30.4 Å². The van der Waals surface area contributed by atoms with Crippen LogP contribution in [0.5, 0.6) is 0 Å². The van der Waals surface area contributed by atoms with E-state index in [0.717, 1.165) is 17.0 Å². The van der Waals surface area contributed by atoms with E-state index >= 15 is 0 Å². The Balaban J connectivity index is 1.75. The largest absolute Gasteiger partial charge is 0.393 e. The minimum Gasteiger partial charge on any atom is -0.393 e. The van der Waals surface area contributed by atoms with Gasteiger partial charge in [-0.3, -0.25) is 0 Å². The summed E-state index contributed by atoms with van der Waals surface area (Å²) in [6.07, 6.45) is 4.63. The Morgan fingerprint density at radius 2 is 1.67 bits per heavy atom. The predicted octanol–water partition coefficient (Wildman–Crippen LogP) is 6.06. The maximum atomic E-state index is 10.1. The van der Waals surface area contributed by atoms with Gasteiger partial charge in [0.05, 0.1) is 6.10 Å². The molecule has 2 atom stereocenters. The number of allylic oxidation sites excluding steroid dienone is 1. The molecule has 1 N–H and O–H groups in total. The quantitative estimate of drug-likeness (QED) is 0.600. The number of aliphatic hydroxyl groups is 1. The Labute approximate surface area is 148 Å². The molecule has 0 saturated carbocycles. The van der Waals surface area contributed by atoms with Crippen LogP contribution in [0.15, 0.2) is 72.8 Å². The second-order valence-corrected chi connectivity index (χ2v) is 6.58. The van der Waals surface area contributed by atoms with Gasteiger partial charge in [-0.15, -0.1) is 0 Å². The van der Waals surface area contributed by atoms with Gasteiger partial charge in [-0.1, -0.05) is 72.3 Å². The maximum Gasteiger partial charge on any atom is 0.0583 e. The summed E-state index contributed by atoms with van der Waals surface area (Å²) < 4.78 is 0. The number of aliphatic hydroxyl groups excluding tert-OH is 1. The molecule has 0 saturated heterocycles. The zero-order valence-electron chi connectivity index (χ0n) is 13.7. The van der Waals surface area contributed by atoms with E-state index in [9.17, 15) is 5.11 Å². The Morgan fingerprint density at radius 1 is 0.958 bits per heavy atom. The van der Waals surface area contributed by atoms with Crippen molar-refractivity contribution >= 4 is 28.4 Å². The summed E-state index contributed by atoms with van der Waals surface area (Å²) in [5, 5.41) is 13.3. The SMILES string of the molecule is C[C@@H](O)[C@@H](C/C=C/c1ccc2ccccc2c1)c1ccc(Cl)cc1. The molecule has 0 aromatic heterocycles. The molecule has 3 rings (SSSR count). The summed E-state index contributed by atoms with van der Waals surface area (Å²) in [6, 6.07) is 22.5. The van der Waals surface area contributed by atoms with Gasteiger partial charge in [0, 0.05) is 10.9 Å². The van der Waals surface area contributed by atoms with Crippen LogP contribution >= 0.6 is 11.6 Å². The molecule has 0 aliphatic rings. The lowest BCUT2D eigenvalue weighted by Gasteiger charge is -2.18. The number of hydrogen-bond acceptors (Lipinski definition) is 1. The van der Waals surface area contributed by atoms with Gasteiger partial charge in [0.25, 0.3) is 0 Å². The summed E-state index contributed by atoms with van der Waals surface area (Å²) in [6.45, 7) is 1.84. The highest BCUT2D eigenvalue weighted by atomic mass is 35.5. The highest BCUT2D eigenvalue weighted by Gasteiger charge is 2.15. The normalized spacial score (nSPS) is 14.1. The van der Waals surface area contributed by atoms with Gasteiger partial charge in [-0.25, -0.2) is 0 Å². The van der Waals surface area contributed by atoms with E-state index < -0.39 is 6.10 Å². The van der Waals surface area contributed by atoms with Gasteiger partial charge in [0.1, 0.15) is 0 Å². The molecule has 0 fully saturated rings. The average molecular weight is 337 g/mol. The van der Waals surface area contributed by atoms with E-state index in [1.54, 1.807) is 0 Å². The molecule has 1 nitrogen and oxygen atoms in total. The third-order valence-electron chi connectivity index (χ3n) is 4.35. The van der Waals surface area contributed by atoms with Gasteiger partial charge in [0.2, 0.25) is 0 Å². The van der Waals surface area contributed by atoms with Crippen molar-refractivity contribution in [3.63, 3.8) is 0 Å². The molecule has 0 spiro atoms. The summed E-state index contributed by atoms with van der Waals surface area (Å²) >= 11 is 5.95. The molecular weight excluding hydrogens is 316 g/mol. The number of benzene rings is 3. The average Bonchev–Trinajstić information content (AvgIpc) is 2.59. The van der Waals surface area contributed by atoms with Gasteiger partial charge in [-0.2, -0.15) is 0 Å². The molecule has 24 heavy (non-hydrogen) atoms. The van der Waals surface area contributed by atoms with Crippen LogP contribution in [-0.4, -0.2) is 11.2 Å². The molecule has 0 radical (unpaired) electrons. The summed E-state index contributed by atoms with van der Waals surface area (Å²) in [5.41, 5.74) is 2.28. The molecule has 0 aliphatic heterocycles. The second-order valence-electron chi connectivity index (χ2n) is 6.14. The van der Waals surface area contributed by atoms with Crippen molar-refractivity contribution < 1.29 is 5.11 Å². The first-order valence-electron chi connectivity index (χ1n) is 8.22. The fourth-order valence-corrected chi connectivity index (χ4v) is 3.11. The smallest absolute Gasteiger partial charge is 0.0583 e. The van der Waals surface area contributed by atoms with E-state index in [2.05, 4.69) is 54.6 Å². The Bertz CT molecular complexity index is 834. The van der Waals surface area contributed by atoms with Crippen molar-refractivity contribution in [3.8, 4) is 0 Å². The molecule has 0 amide bonds. The van der Waals surface area contributed by atoms with Gasteiger partial charge >= 0.3 is 0 Å². The van der Waals surface area contributed by atoms with Crippen molar-refractivity contribution in [2.75, 3.05) is 0 Å². The topological polar surface area (TPSA) is 20.2 Å². The number of fused-ring (bicyclic) bond motifs is 1. The van der Waals surface area contributed by atoms with E-state index in [1.807, 2.05) is 31.2 Å². The number of hydrogen-bond donors (Lipinski definition) is 1. The van der Waals surface area contributed by atoms with Crippen molar-refractivity contribution in [1.29, 1.82) is 0 Å². The zero-order valence-corrected chi connectivity index (χ0v) is 14.4. The second kappa shape index (κ2) is 7.65. The third kappa shape index (κ3) is 4.05. The van der Waals surface area contributed by atoms with E-state index in [0.29, 0.717) is 0 Å². The molecule has 0 heterocycles. The maximum absolute atomic E-state index is 10.1. The number of rotatable bonds is 5. The van der Waals surface area contributed by atoms with Crippen LogP contribution < -0.4 is 0 Å². The monoisotopic (exact) mass is 336 g/mol. The standard InChI is InChI=1S/C22H21ClO/c1-16(24)22(19-11-13-21(23)14-12-19)8-4-5-17-9-10-18-6-2-3-7-20(18)15-17/h2-7,9-16,22,24H,8H2,1H3/b5-4+/t16-,22-/m1/s1. The highest BCUT2D eigenvalue weighted by Crippen LogP contribution is 2.26. The molecule has 0 aliphatic carbocycles. The first-order chi connectivity index (χ1) is 11.6. The van der Waals surface area contributed by atoms with Crippen LogP contribution in [0.2, 0.25) is 5.02 Å². The van der Waals surface area contributed by atoms with Crippen LogP contribution in [0.4, 0.5) is 0 Å². The van der Waals surface area contributed by atoms with Gasteiger partial charge in [0.15, 0.2) is 0 Å². The van der Waals surface area contributed by atoms with Crippen molar-refractivity contribution in [2.45, 2.75) is 25.4 Å². The van der Waals surface area contributed by atoms with Crippen molar-refractivity contribution in [3.05, 3.63) is 89.0 Å². The minimum atomic E-state index is -0.410. The lowest BCUT2D eigenvalue weighted by atomic mass is 9.91. The molecule has 122 valence electrons. The number of halogens is 1. The lowest BCUT2D eigenvalue weighted by Crippen LogP contribution is -2.13. The molecule has 0 unspecified atom stereocenters. The van der Waals surface area contributed by atoms with Crippen LogP contribution in [0, 0.1) is 0 Å². The fourth-order valence-electron chi connectivity index (χ4n) is 2.98. The van der Waals surface area contributed by atoms with Crippen LogP contribution in [-0.2, 0) is 0 Å². The third-order valence-corrected chi connectivity index (χ3v) is 4.61. The molecular formula is C22H21ClO. The Morgan fingerprint density at radius 3 is 2.38 bits per heavy atom. The van der Waals surface area contributed by atoms with Gasteiger partial charge < -0.3 is 5.11 Å². The van der Waals surface area contributed by atoms with Crippen LogP contribution in [0.3, 0.4) is 0 Å². The molecule has 0 bridgehead atoms. The summed E-state index contributed by atoms with van der Waals surface area (Å²) in [7, 11) is 0. The summed E-state index contributed by atoms with van der Waals surface area (Å²) in [4.78, 5) is 0.